The zero-order valence-electron chi connectivity index (χ0n) is 15.5. The molecule has 3 heterocycles. The van der Waals surface area contributed by atoms with Crippen molar-refractivity contribution in [2.75, 3.05) is 0 Å². The molecule has 0 fully saturated rings. The molecule has 2 aromatic carbocycles. The number of fused-ring (bicyclic) bond motifs is 1. The first kappa shape index (κ1) is 18.9. The maximum atomic E-state index is 14.2. The number of aromatic nitrogens is 3. The van der Waals surface area contributed by atoms with E-state index in [9.17, 15) is 4.39 Å². The summed E-state index contributed by atoms with van der Waals surface area (Å²) in [5.74, 6) is 0.336. The fraction of sp³-hybridized carbons (Fsp3) is 0.0435. The molecule has 0 atom stereocenters. The number of rotatable bonds is 4. The summed E-state index contributed by atoms with van der Waals surface area (Å²) in [5.41, 5.74) is 3.93. The van der Waals surface area contributed by atoms with Gasteiger partial charge in [0.15, 0.2) is 5.76 Å². The quantitative estimate of drug-likeness (QED) is 0.310. The molecule has 0 radical (unpaired) electrons. The van der Waals surface area contributed by atoms with Crippen LogP contribution >= 0.6 is 23.2 Å². The van der Waals surface area contributed by atoms with Gasteiger partial charge in [0.25, 0.3) is 0 Å². The number of hydrogen-bond donors (Lipinski definition) is 0. The van der Waals surface area contributed by atoms with Gasteiger partial charge in [-0.05, 0) is 30.3 Å². The molecule has 0 N–H and O–H groups in total. The van der Waals surface area contributed by atoms with E-state index in [0.29, 0.717) is 39.3 Å². The van der Waals surface area contributed by atoms with E-state index < -0.39 is 0 Å². The Balaban J connectivity index is 1.44. The SMILES string of the molecule is Fc1ccccc1-c1nc2cn(Cc3cc(-c4ccc(Cl)cc4)no3)ccc-2c1Cl. The van der Waals surface area contributed by atoms with E-state index in [-0.39, 0.29) is 5.82 Å². The first-order valence-corrected chi connectivity index (χ1v) is 9.95. The average Bonchev–Trinajstić information content (AvgIpc) is 3.34. The summed E-state index contributed by atoms with van der Waals surface area (Å²) in [5, 5.41) is 5.24. The van der Waals surface area contributed by atoms with Crippen molar-refractivity contribution >= 4 is 23.2 Å². The second-order valence-electron chi connectivity index (χ2n) is 6.86. The fourth-order valence-corrected chi connectivity index (χ4v) is 3.78. The predicted molar refractivity (Wildman–Crippen MR) is 115 cm³/mol. The van der Waals surface area contributed by atoms with Gasteiger partial charge in [-0.2, -0.15) is 0 Å². The molecule has 0 saturated heterocycles. The van der Waals surface area contributed by atoms with E-state index >= 15 is 0 Å². The van der Waals surface area contributed by atoms with E-state index in [2.05, 4.69) is 10.1 Å². The van der Waals surface area contributed by atoms with Gasteiger partial charge < -0.3 is 9.09 Å². The molecule has 2 aliphatic heterocycles. The van der Waals surface area contributed by atoms with E-state index in [1.165, 1.54) is 6.07 Å². The third kappa shape index (κ3) is 3.47. The van der Waals surface area contributed by atoms with E-state index in [4.69, 9.17) is 27.7 Å². The standard InChI is InChI=1S/C23H14Cl2FN3O/c24-15-7-5-14(6-8-15)20-11-16(30-28-20)12-29-10-9-18-21(13-29)27-23(22(18)25)17-3-1-2-4-19(17)26/h1-11,13H,12H2. The summed E-state index contributed by atoms with van der Waals surface area (Å²) in [6.07, 6.45) is 3.74. The molecule has 7 heteroatoms. The highest BCUT2D eigenvalue weighted by molar-refractivity contribution is 6.36. The van der Waals surface area contributed by atoms with Crippen LogP contribution in [-0.4, -0.2) is 14.7 Å². The highest BCUT2D eigenvalue weighted by Crippen LogP contribution is 2.39. The van der Waals surface area contributed by atoms with Crippen LogP contribution in [0, 0.1) is 5.82 Å². The van der Waals surface area contributed by atoms with Crippen molar-refractivity contribution < 1.29 is 8.91 Å². The molecule has 0 saturated carbocycles. The Morgan fingerprint density at radius 3 is 2.53 bits per heavy atom. The first-order valence-electron chi connectivity index (χ1n) is 9.20. The second-order valence-corrected chi connectivity index (χ2v) is 7.67. The molecule has 0 aliphatic carbocycles. The Bertz CT molecular complexity index is 1310. The monoisotopic (exact) mass is 437 g/mol. The van der Waals surface area contributed by atoms with Gasteiger partial charge in [-0.15, -0.1) is 0 Å². The summed E-state index contributed by atoms with van der Waals surface area (Å²) in [4.78, 5) is 4.56. The van der Waals surface area contributed by atoms with Crippen LogP contribution in [0.25, 0.3) is 33.8 Å². The lowest BCUT2D eigenvalue weighted by atomic mass is 10.1. The predicted octanol–water partition coefficient (Wildman–Crippen LogP) is 6.80. The minimum absolute atomic E-state index is 0.355. The molecule has 4 nitrogen and oxygen atoms in total. The molecule has 0 unspecified atom stereocenters. The highest BCUT2D eigenvalue weighted by atomic mass is 35.5. The number of benzene rings is 2. The molecule has 1 aromatic heterocycles. The lowest BCUT2D eigenvalue weighted by Crippen LogP contribution is -1.99. The number of pyridine rings is 1. The maximum Gasteiger partial charge on any atom is 0.157 e. The van der Waals surface area contributed by atoms with Crippen LogP contribution in [0.5, 0.6) is 0 Å². The Kier molecular flexibility index (Phi) is 4.77. The van der Waals surface area contributed by atoms with Crippen LogP contribution in [0.3, 0.4) is 0 Å². The third-order valence-electron chi connectivity index (χ3n) is 4.84. The Morgan fingerprint density at radius 1 is 0.933 bits per heavy atom. The molecule has 5 rings (SSSR count). The molecule has 148 valence electrons. The van der Waals surface area contributed by atoms with Crippen LogP contribution in [-0.2, 0) is 6.54 Å². The topological polar surface area (TPSA) is 43.9 Å². The zero-order valence-corrected chi connectivity index (χ0v) is 17.0. The van der Waals surface area contributed by atoms with Crippen LogP contribution in [0.1, 0.15) is 5.76 Å². The molecule has 0 spiro atoms. The van der Waals surface area contributed by atoms with E-state index in [1.54, 1.807) is 18.2 Å². The molecule has 0 amide bonds. The highest BCUT2D eigenvalue weighted by Gasteiger charge is 2.20. The van der Waals surface area contributed by atoms with Crippen LogP contribution in [0.2, 0.25) is 10.0 Å². The minimum Gasteiger partial charge on any atom is -0.359 e. The Labute approximate surface area is 181 Å². The lowest BCUT2D eigenvalue weighted by Gasteiger charge is -2.06. The Hall–Kier alpha value is -3.15. The minimum atomic E-state index is -0.355. The van der Waals surface area contributed by atoms with Gasteiger partial charge in [0.1, 0.15) is 11.5 Å². The molecular formula is C23H14Cl2FN3O. The van der Waals surface area contributed by atoms with Gasteiger partial charge in [0, 0.05) is 40.2 Å². The largest absolute Gasteiger partial charge is 0.359 e. The van der Waals surface area contributed by atoms with Crippen molar-refractivity contribution in [2.24, 2.45) is 0 Å². The van der Waals surface area contributed by atoms with Gasteiger partial charge in [0.2, 0.25) is 0 Å². The van der Waals surface area contributed by atoms with Crippen molar-refractivity contribution in [3.8, 4) is 33.8 Å². The zero-order chi connectivity index (χ0) is 20.7. The van der Waals surface area contributed by atoms with Gasteiger partial charge in [0.05, 0.1) is 23.0 Å². The lowest BCUT2D eigenvalue weighted by molar-refractivity contribution is 0.378. The van der Waals surface area contributed by atoms with Crippen LogP contribution in [0.15, 0.2) is 77.6 Å². The second kappa shape index (κ2) is 7.59. The maximum absolute atomic E-state index is 14.2. The van der Waals surface area contributed by atoms with E-state index in [0.717, 1.165) is 16.8 Å². The number of hydrogen-bond acceptors (Lipinski definition) is 3. The summed E-state index contributed by atoms with van der Waals surface area (Å²) >= 11 is 12.4. The summed E-state index contributed by atoms with van der Waals surface area (Å²) in [6, 6.07) is 17.6. The molecular weight excluding hydrogens is 424 g/mol. The first-order chi connectivity index (χ1) is 14.6. The Morgan fingerprint density at radius 2 is 1.73 bits per heavy atom. The van der Waals surface area contributed by atoms with Gasteiger partial charge in [-0.1, -0.05) is 52.6 Å². The number of nitrogens with zero attached hydrogens (tertiary/aromatic N) is 3. The fourth-order valence-electron chi connectivity index (χ4n) is 3.35. The average molecular weight is 438 g/mol. The van der Waals surface area contributed by atoms with Gasteiger partial charge in [-0.25, -0.2) is 9.37 Å². The summed E-state index contributed by atoms with van der Waals surface area (Å²) in [6.45, 7) is 0.468. The van der Waals surface area contributed by atoms with Crippen molar-refractivity contribution in [1.82, 2.24) is 14.7 Å². The smallest absolute Gasteiger partial charge is 0.157 e. The number of halogens is 3. The van der Waals surface area contributed by atoms with Crippen molar-refractivity contribution in [2.45, 2.75) is 6.54 Å². The molecule has 2 aliphatic rings. The van der Waals surface area contributed by atoms with E-state index in [1.807, 2.05) is 53.4 Å². The van der Waals surface area contributed by atoms with Crippen molar-refractivity contribution in [1.29, 1.82) is 0 Å². The molecule has 0 bridgehead atoms. The van der Waals surface area contributed by atoms with Gasteiger partial charge in [-0.3, -0.25) is 0 Å². The normalized spacial score (nSPS) is 11.3. The van der Waals surface area contributed by atoms with Crippen LogP contribution in [0.4, 0.5) is 4.39 Å². The van der Waals surface area contributed by atoms with Crippen molar-refractivity contribution in [3.05, 3.63) is 94.7 Å². The van der Waals surface area contributed by atoms with Crippen LogP contribution < -0.4 is 0 Å². The molecule has 30 heavy (non-hydrogen) atoms. The van der Waals surface area contributed by atoms with Crippen molar-refractivity contribution in [3.63, 3.8) is 0 Å². The third-order valence-corrected chi connectivity index (χ3v) is 5.47. The summed E-state index contributed by atoms with van der Waals surface area (Å²) in [7, 11) is 0. The summed E-state index contributed by atoms with van der Waals surface area (Å²) < 4.78 is 21.6. The molecule has 3 aromatic rings. The van der Waals surface area contributed by atoms with Gasteiger partial charge >= 0.3 is 0 Å².